The zero-order valence-corrected chi connectivity index (χ0v) is 4.65. The lowest BCUT2D eigenvalue weighted by Gasteiger charge is -2.07. The molecule has 0 aromatic carbocycles. The molecule has 1 unspecified atom stereocenters. The third-order valence-corrected chi connectivity index (χ3v) is 0.865. The molecule has 0 fully saturated rings. The van der Waals surface area contributed by atoms with Gasteiger partial charge in [0.25, 0.3) is 11.0 Å². The van der Waals surface area contributed by atoms with Crippen LogP contribution in [0, 0.1) is 0 Å². The van der Waals surface area contributed by atoms with E-state index in [2.05, 4.69) is 17.3 Å². The summed E-state index contributed by atoms with van der Waals surface area (Å²) in [5.41, 5.74) is 4.37. The number of rotatable bonds is 2. The molecule has 5 heteroatoms. The molecule has 0 saturated heterocycles. The van der Waals surface area contributed by atoms with E-state index < -0.39 is 17.6 Å². The number of amides is 1. The van der Waals surface area contributed by atoms with Gasteiger partial charge in [0, 0.05) is 0 Å². The fraction of sp³-hybridized carbons (Fsp3) is 0.667. The van der Waals surface area contributed by atoms with Gasteiger partial charge in [0.2, 0.25) is 0 Å². The quantitative estimate of drug-likeness (QED) is 0.503. The maximum Gasteiger partial charge on any atom is 0.283 e. The third kappa shape index (κ3) is 1.63. The molecule has 3 nitrogen and oxygen atoms in total. The van der Waals surface area contributed by atoms with Gasteiger partial charge in [-0.25, -0.2) is 4.39 Å². The van der Waals surface area contributed by atoms with Gasteiger partial charge in [-0.15, -0.1) is 0 Å². The second-order valence-electron chi connectivity index (χ2n) is 1.23. The number of primary amides is 1. The summed E-state index contributed by atoms with van der Waals surface area (Å²) >= 11 is 4.66. The standard InChI is InChI=1S/C3H5ClFNO2/c4-3(5,1-7)2(6)8/h7H,1H2,(H2,6,8). The molecule has 0 aliphatic rings. The molecular weight excluding hydrogens is 136 g/mol. The number of carbonyl (C=O) groups is 1. The Bertz CT molecular complexity index is 105. The molecule has 0 bridgehead atoms. The van der Waals surface area contributed by atoms with Gasteiger partial charge in [0.05, 0.1) is 0 Å². The van der Waals surface area contributed by atoms with Crippen LogP contribution in [0.2, 0.25) is 0 Å². The van der Waals surface area contributed by atoms with E-state index in [1.807, 2.05) is 0 Å². The van der Waals surface area contributed by atoms with Gasteiger partial charge in [0.15, 0.2) is 0 Å². The van der Waals surface area contributed by atoms with Crippen LogP contribution in [0.1, 0.15) is 0 Å². The van der Waals surface area contributed by atoms with Gasteiger partial charge >= 0.3 is 0 Å². The Morgan fingerprint density at radius 3 is 2.38 bits per heavy atom. The molecule has 0 rings (SSSR count). The Kier molecular flexibility index (Phi) is 2.18. The number of aliphatic hydroxyl groups excluding tert-OH is 1. The van der Waals surface area contributed by atoms with Crippen LogP contribution < -0.4 is 5.73 Å². The highest BCUT2D eigenvalue weighted by Gasteiger charge is 2.32. The first-order valence-electron chi connectivity index (χ1n) is 1.79. The van der Waals surface area contributed by atoms with Crippen LogP contribution in [0.3, 0.4) is 0 Å². The van der Waals surface area contributed by atoms with Gasteiger partial charge in [0.1, 0.15) is 6.61 Å². The van der Waals surface area contributed by atoms with E-state index in [4.69, 9.17) is 5.11 Å². The normalized spacial score (nSPS) is 17.4. The number of alkyl halides is 2. The van der Waals surface area contributed by atoms with E-state index in [1.54, 1.807) is 0 Å². The Morgan fingerprint density at radius 1 is 2.00 bits per heavy atom. The fourth-order valence-electron chi connectivity index (χ4n) is 0.0779. The minimum atomic E-state index is -2.79. The Hall–Kier alpha value is -0.350. The predicted octanol–water partition coefficient (Wildman–Crippen LogP) is -0.631. The van der Waals surface area contributed by atoms with Crippen molar-refractivity contribution in [2.75, 3.05) is 6.61 Å². The number of hydrogen-bond donors (Lipinski definition) is 2. The lowest BCUT2D eigenvalue weighted by molar-refractivity contribution is -0.126. The van der Waals surface area contributed by atoms with Gasteiger partial charge in [-0.1, -0.05) is 11.6 Å². The van der Waals surface area contributed by atoms with Crippen LogP contribution in [0.15, 0.2) is 0 Å². The molecule has 0 saturated carbocycles. The van der Waals surface area contributed by atoms with Gasteiger partial charge in [-0.3, -0.25) is 4.79 Å². The average molecular weight is 142 g/mol. The summed E-state index contributed by atoms with van der Waals surface area (Å²) in [5.74, 6) is -1.37. The maximum atomic E-state index is 12.0. The number of carbonyl (C=O) groups excluding carboxylic acids is 1. The molecule has 0 aromatic rings. The summed E-state index contributed by atoms with van der Waals surface area (Å²) in [6.07, 6.45) is 0. The van der Waals surface area contributed by atoms with E-state index in [0.717, 1.165) is 0 Å². The van der Waals surface area contributed by atoms with Crippen LogP contribution >= 0.6 is 11.6 Å². The van der Waals surface area contributed by atoms with Crippen LogP contribution in [0.4, 0.5) is 4.39 Å². The van der Waals surface area contributed by atoms with E-state index >= 15 is 0 Å². The first kappa shape index (κ1) is 7.65. The molecule has 0 spiro atoms. The van der Waals surface area contributed by atoms with Gasteiger partial charge < -0.3 is 10.8 Å². The third-order valence-electron chi connectivity index (χ3n) is 0.559. The van der Waals surface area contributed by atoms with Crippen LogP contribution in [0.5, 0.6) is 0 Å². The summed E-state index contributed by atoms with van der Waals surface area (Å²) in [5, 5.41) is 5.16. The summed E-state index contributed by atoms with van der Waals surface area (Å²) in [4.78, 5) is 9.81. The highest BCUT2D eigenvalue weighted by molar-refractivity contribution is 6.33. The summed E-state index contributed by atoms with van der Waals surface area (Å²) in [6, 6.07) is 0. The molecule has 0 aromatic heterocycles. The van der Waals surface area contributed by atoms with Crippen molar-refractivity contribution in [3.05, 3.63) is 0 Å². The molecule has 1 atom stereocenters. The number of hydrogen-bond acceptors (Lipinski definition) is 2. The van der Waals surface area contributed by atoms with Crippen molar-refractivity contribution in [3.8, 4) is 0 Å². The van der Waals surface area contributed by atoms with Crippen LogP contribution in [-0.2, 0) is 4.79 Å². The molecule has 0 aliphatic carbocycles. The largest absolute Gasteiger partial charge is 0.391 e. The smallest absolute Gasteiger partial charge is 0.283 e. The number of aliphatic hydroxyl groups is 1. The van der Waals surface area contributed by atoms with E-state index in [1.165, 1.54) is 0 Å². The van der Waals surface area contributed by atoms with Crippen molar-refractivity contribution >= 4 is 17.5 Å². The molecule has 3 N–H and O–H groups in total. The SMILES string of the molecule is NC(=O)C(F)(Cl)CO. The second-order valence-corrected chi connectivity index (χ2v) is 1.83. The predicted molar refractivity (Wildman–Crippen MR) is 26.0 cm³/mol. The number of halogens is 2. The van der Waals surface area contributed by atoms with Crippen LogP contribution in [-0.4, -0.2) is 22.7 Å². The highest BCUT2D eigenvalue weighted by Crippen LogP contribution is 2.13. The summed E-state index contributed by atoms with van der Waals surface area (Å²) in [6.45, 7) is -1.09. The first-order valence-corrected chi connectivity index (χ1v) is 2.17. The first-order chi connectivity index (χ1) is 3.50. The fourth-order valence-corrected chi connectivity index (χ4v) is 0.0779. The Labute approximate surface area is 50.2 Å². The summed E-state index contributed by atoms with van der Waals surface area (Å²) < 4.78 is 12.0. The van der Waals surface area contributed by atoms with Crippen molar-refractivity contribution < 1.29 is 14.3 Å². The molecule has 0 aliphatic heterocycles. The van der Waals surface area contributed by atoms with Crippen molar-refractivity contribution in [2.24, 2.45) is 5.73 Å². The van der Waals surface area contributed by atoms with Crippen molar-refractivity contribution in [1.29, 1.82) is 0 Å². The topological polar surface area (TPSA) is 63.3 Å². The van der Waals surface area contributed by atoms with Gasteiger partial charge in [-0.2, -0.15) is 0 Å². The zero-order valence-electron chi connectivity index (χ0n) is 3.90. The van der Waals surface area contributed by atoms with Crippen molar-refractivity contribution in [3.63, 3.8) is 0 Å². The average Bonchev–Trinajstić information content (AvgIpc) is 1.67. The molecule has 1 amide bonds. The number of nitrogens with two attached hydrogens (primary N) is 1. The lowest BCUT2D eigenvalue weighted by Crippen LogP contribution is -2.37. The molecule has 8 heavy (non-hydrogen) atoms. The van der Waals surface area contributed by atoms with E-state index in [0.29, 0.717) is 0 Å². The minimum Gasteiger partial charge on any atom is -0.391 e. The second kappa shape index (κ2) is 2.28. The summed E-state index contributed by atoms with van der Waals surface area (Å²) in [7, 11) is 0. The molecule has 0 heterocycles. The molecule has 48 valence electrons. The Balaban J connectivity index is 3.91. The van der Waals surface area contributed by atoms with E-state index in [9.17, 15) is 9.18 Å². The van der Waals surface area contributed by atoms with Gasteiger partial charge in [-0.05, 0) is 0 Å². The lowest BCUT2D eigenvalue weighted by atomic mass is 10.4. The highest BCUT2D eigenvalue weighted by atomic mass is 35.5. The zero-order chi connectivity index (χ0) is 6.78. The maximum absolute atomic E-state index is 12.0. The van der Waals surface area contributed by atoms with Crippen molar-refractivity contribution in [1.82, 2.24) is 0 Å². The van der Waals surface area contributed by atoms with E-state index in [-0.39, 0.29) is 0 Å². The molecular formula is C3H5ClFNO2. The minimum absolute atomic E-state index is 1.09. The monoisotopic (exact) mass is 141 g/mol. The molecule has 0 radical (unpaired) electrons. The van der Waals surface area contributed by atoms with Crippen LogP contribution in [0.25, 0.3) is 0 Å². The Morgan fingerprint density at radius 2 is 2.38 bits per heavy atom. The van der Waals surface area contributed by atoms with Crippen molar-refractivity contribution in [2.45, 2.75) is 5.13 Å².